The van der Waals surface area contributed by atoms with E-state index in [-0.39, 0.29) is 11.5 Å². The van der Waals surface area contributed by atoms with Gasteiger partial charge in [0.25, 0.3) is 0 Å². The van der Waals surface area contributed by atoms with Crippen LogP contribution in [0.1, 0.15) is 18.1 Å². The Morgan fingerprint density at radius 3 is 2.47 bits per heavy atom. The van der Waals surface area contributed by atoms with Crippen molar-refractivity contribution in [2.24, 2.45) is 0 Å². The first-order valence-corrected chi connectivity index (χ1v) is 6.12. The second-order valence-corrected chi connectivity index (χ2v) is 4.48. The first-order valence-electron chi connectivity index (χ1n) is 6.12. The highest BCUT2D eigenvalue weighted by atomic mass is 16.5. The lowest BCUT2D eigenvalue weighted by Crippen LogP contribution is -1.97. The van der Waals surface area contributed by atoms with Crippen molar-refractivity contribution in [3.63, 3.8) is 0 Å². The number of benzene rings is 2. The summed E-state index contributed by atoms with van der Waals surface area (Å²) < 4.78 is 5.61. The van der Waals surface area contributed by atoms with E-state index < -0.39 is 0 Å². The Balaban J connectivity index is 1.94. The van der Waals surface area contributed by atoms with Gasteiger partial charge in [-0.1, -0.05) is 24.3 Å². The highest BCUT2D eigenvalue weighted by Crippen LogP contribution is 2.16. The molecule has 19 heavy (non-hydrogen) atoms. The topological polar surface area (TPSA) is 46.5 Å². The number of ketones is 1. The van der Waals surface area contributed by atoms with Crippen LogP contribution in [0.25, 0.3) is 0 Å². The van der Waals surface area contributed by atoms with E-state index in [1.165, 1.54) is 0 Å². The third-order valence-corrected chi connectivity index (χ3v) is 2.69. The van der Waals surface area contributed by atoms with E-state index in [1.54, 1.807) is 25.1 Å². The van der Waals surface area contributed by atoms with E-state index in [9.17, 15) is 9.90 Å². The molecular weight excluding hydrogens is 240 g/mol. The number of hydrogen-bond donors (Lipinski definition) is 1. The van der Waals surface area contributed by atoms with Crippen LogP contribution < -0.4 is 4.74 Å². The number of aromatic hydroxyl groups is 1. The molecule has 2 aromatic rings. The summed E-state index contributed by atoms with van der Waals surface area (Å²) >= 11 is 0. The molecule has 3 nitrogen and oxygen atoms in total. The first kappa shape index (κ1) is 13.1. The summed E-state index contributed by atoms with van der Waals surface area (Å²) in [5, 5.41) is 9.34. The normalized spacial score (nSPS) is 10.2. The van der Waals surface area contributed by atoms with Crippen molar-refractivity contribution in [3.8, 4) is 11.5 Å². The minimum atomic E-state index is 0.147. The second-order valence-electron chi connectivity index (χ2n) is 4.48. The molecule has 1 N–H and O–H groups in total. The Bertz CT molecular complexity index is 558. The predicted octanol–water partition coefficient (Wildman–Crippen LogP) is 3.10. The van der Waals surface area contributed by atoms with Gasteiger partial charge < -0.3 is 9.84 Å². The summed E-state index contributed by atoms with van der Waals surface area (Å²) in [6.07, 6.45) is 0.451. The van der Waals surface area contributed by atoms with Gasteiger partial charge >= 0.3 is 0 Å². The van der Waals surface area contributed by atoms with Gasteiger partial charge in [-0.25, -0.2) is 0 Å². The number of phenols is 1. The van der Waals surface area contributed by atoms with Crippen LogP contribution in [0.3, 0.4) is 0 Å². The van der Waals surface area contributed by atoms with Gasteiger partial charge in [-0.05, 0) is 42.3 Å². The van der Waals surface area contributed by atoms with Gasteiger partial charge in [0, 0.05) is 6.42 Å². The molecule has 0 heterocycles. The van der Waals surface area contributed by atoms with Gasteiger partial charge in [0.15, 0.2) is 0 Å². The minimum Gasteiger partial charge on any atom is -0.508 e. The summed E-state index contributed by atoms with van der Waals surface area (Å²) in [5.41, 5.74) is 1.89. The first-order chi connectivity index (χ1) is 9.13. The molecule has 98 valence electrons. The number of Topliss-reactive ketones (excluding diaryl/α,β-unsaturated/α-hetero) is 1. The van der Waals surface area contributed by atoms with Crippen molar-refractivity contribution < 1.29 is 14.6 Å². The van der Waals surface area contributed by atoms with Crippen LogP contribution in [0.2, 0.25) is 0 Å². The molecule has 0 radical (unpaired) electrons. The van der Waals surface area contributed by atoms with Gasteiger partial charge in [-0.2, -0.15) is 0 Å². The maximum absolute atomic E-state index is 11.0. The molecule has 0 saturated carbocycles. The number of rotatable bonds is 5. The summed E-state index contributed by atoms with van der Waals surface area (Å²) in [6.45, 7) is 1.98. The Labute approximate surface area is 112 Å². The van der Waals surface area contributed by atoms with Gasteiger partial charge in [0.05, 0.1) is 0 Å². The number of carbonyl (C=O) groups is 1. The maximum Gasteiger partial charge on any atom is 0.134 e. The molecule has 0 spiro atoms. The van der Waals surface area contributed by atoms with Crippen LogP contribution in [0.5, 0.6) is 11.5 Å². The molecule has 0 bridgehead atoms. The second kappa shape index (κ2) is 6.05. The average Bonchev–Trinajstić information content (AvgIpc) is 2.37. The zero-order valence-corrected chi connectivity index (χ0v) is 10.8. The highest BCUT2D eigenvalue weighted by molar-refractivity contribution is 5.78. The summed E-state index contributed by atoms with van der Waals surface area (Å²) in [5.74, 6) is 1.13. The van der Waals surface area contributed by atoms with Gasteiger partial charge in [-0.15, -0.1) is 0 Å². The van der Waals surface area contributed by atoms with E-state index in [2.05, 4.69) is 0 Å². The molecule has 0 aliphatic rings. The maximum atomic E-state index is 11.0. The fraction of sp³-hybridized carbons (Fsp3) is 0.188. The quantitative estimate of drug-likeness (QED) is 0.894. The Hall–Kier alpha value is -2.29. The molecule has 0 aliphatic carbocycles. The molecule has 0 aliphatic heterocycles. The summed E-state index contributed by atoms with van der Waals surface area (Å²) in [6, 6.07) is 14.4. The number of ether oxygens (including phenoxy) is 1. The van der Waals surface area contributed by atoms with Crippen LogP contribution in [0, 0.1) is 0 Å². The highest BCUT2D eigenvalue weighted by Gasteiger charge is 2.00. The molecule has 0 atom stereocenters. The smallest absolute Gasteiger partial charge is 0.134 e. The van der Waals surface area contributed by atoms with Crippen LogP contribution in [0.4, 0.5) is 0 Å². The lowest BCUT2D eigenvalue weighted by Gasteiger charge is -2.07. The molecule has 0 saturated heterocycles. The predicted molar refractivity (Wildman–Crippen MR) is 73.3 cm³/mol. The minimum absolute atomic E-state index is 0.147. The summed E-state index contributed by atoms with van der Waals surface area (Å²) in [7, 11) is 0. The van der Waals surface area contributed by atoms with E-state index in [4.69, 9.17) is 4.74 Å². The van der Waals surface area contributed by atoms with Gasteiger partial charge in [-0.3, -0.25) is 4.79 Å². The largest absolute Gasteiger partial charge is 0.508 e. The van der Waals surface area contributed by atoms with Crippen LogP contribution in [-0.2, 0) is 17.8 Å². The standard InChI is InChI=1S/C16H16O3/c1-12(17)9-13-5-7-16(8-6-13)19-11-14-3-2-4-15(18)10-14/h2-8,10,18H,9,11H2,1H3. The lowest BCUT2D eigenvalue weighted by atomic mass is 10.1. The lowest BCUT2D eigenvalue weighted by molar-refractivity contribution is -0.116. The van der Waals surface area contributed by atoms with E-state index in [0.717, 1.165) is 16.9 Å². The van der Waals surface area contributed by atoms with Gasteiger partial charge in [0.1, 0.15) is 23.9 Å². The monoisotopic (exact) mass is 256 g/mol. The Morgan fingerprint density at radius 2 is 1.84 bits per heavy atom. The fourth-order valence-corrected chi connectivity index (χ4v) is 1.80. The van der Waals surface area contributed by atoms with Crippen LogP contribution in [-0.4, -0.2) is 10.9 Å². The molecule has 2 aromatic carbocycles. The third kappa shape index (κ3) is 4.14. The third-order valence-electron chi connectivity index (χ3n) is 2.69. The van der Waals surface area contributed by atoms with Crippen molar-refractivity contribution in [2.75, 3.05) is 0 Å². The molecule has 0 fully saturated rings. The molecule has 0 amide bonds. The Morgan fingerprint density at radius 1 is 1.11 bits per heavy atom. The number of carbonyl (C=O) groups excluding carboxylic acids is 1. The zero-order valence-electron chi connectivity index (χ0n) is 10.8. The number of hydrogen-bond acceptors (Lipinski definition) is 3. The van der Waals surface area contributed by atoms with E-state index in [1.807, 2.05) is 30.3 Å². The van der Waals surface area contributed by atoms with E-state index >= 15 is 0 Å². The van der Waals surface area contributed by atoms with Crippen molar-refractivity contribution >= 4 is 5.78 Å². The van der Waals surface area contributed by atoms with Crippen molar-refractivity contribution in [1.82, 2.24) is 0 Å². The molecule has 3 heteroatoms. The molecule has 2 rings (SSSR count). The summed E-state index contributed by atoms with van der Waals surface area (Å²) in [4.78, 5) is 11.0. The van der Waals surface area contributed by atoms with Crippen molar-refractivity contribution in [3.05, 3.63) is 59.7 Å². The average molecular weight is 256 g/mol. The van der Waals surface area contributed by atoms with E-state index in [0.29, 0.717) is 13.0 Å². The zero-order chi connectivity index (χ0) is 13.7. The van der Waals surface area contributed by atoms with Crippen molar-refractivity contribution in [2.45, 2.75) is 20.0 Å². The van der Waals surface area contributed by atoms with Crippen LogP contribution >= 0.6 is 0 Å². The molecular formula is C16H16O3. The number of phenolic OH excluding ortho intramolecular Hbond substituents is 1. The van der Waals surface area contributed by atoms with Crippen molar-refractivity contribution in [1.29, 1.82) is 0 Å². The fourth-order valence-electron chi connectivity index (χ4n) is 1.80. The van der Waals surface area contributed by atoms with Gasteiger partial charge in [0.2, 0.25) is 0 Å². The Kier molecular flexibility index (Phi) is 4.18. The van der Waals surface area contributed by atoms with Crippen LogP contribution in [0.15, 0.2) is 48.5 Å². The molecule has 0 aromatic heterocycles. The molecule has 0 unspecified atom stereocenters. The SMILES string of the molecule is CC(=O)Cc1ccc(OCc2cccc(O)c2)cc1.